The van der Waals surface area contributed by atoms with Crippen LogP contribution in [-0.4, -0.2) is 4.98 Å². The lowest BCUT2D eigenvalue weighted by Gasteiger charge is -1.97. The number of anilines is 1. The number of hydrogen-bond donors (Lipinski definition) is 1. The Balaban J connectivity index is 3.25. The fourth-order valence-electron chi connectivity index (χ4n) is 0.568. The molecule has 2 N–H and O–H groups in total. The van der Waals surface area contributed by atoms with E-state index in [-0.39, 0.29) is 0 Å². The molecule has 0 atom stereocenters. The number of aromatic nitrogens is 1. The Morgan fingerprint density at radius 2 is 2.33 bits per heavy atom. The molecule has 0 aromatic carbocycles. The molecule has 0 amide bonds. The molecular weight excluding hydrogens is 136 g/mol. The predicted octanol–water partition coefficient (Wildman–Crippen LogP) is 1.63. The molecule has 0 aliphatic heterocycles. The Bertz CT molecular complexity index is 202. The van der Waals surface area contributed by atoms with Crippen LogP contribution in [0.2, 0.25) is 5.02 Å². The van der Waals surface area contributed by atoms with Gasteiger partial charge in [0.1, 0.15) is 0 Å². The molecule has 0 fully saturated rings. The molecule has 9 heavy (non-hydrogen) atoms. The van der Waals surface area contributed by atoms with Gasteiger partial charge in [0, 0.05) is 6.20 Å². The number of nitrogen functional groups attached to an aromatic ring is 1. The smallest absolute Gasteiger partial charge is 0.0847 e. The molecule has 0 saturated carbocycles. The zero-order chi connectivity index (χ0) is 6.85. The van der Waals surface area contributed by atoms with E-state index >= 15 is 0 Å². The molecule has 0 saturated heterocycles. The van der Waals surface area contributed by atoms with Crippen LogP contribution in [0.3, 0.4) is 0 Å². The molecule has 48 valence electrons. The maximum Gasteiger partial charge on any atom is 0.0847 e. The van der Waals surface area contributed by atoms with E-state index in [1.807, 2.05) is 6.92 Å². The Morgan fingerprint density at radius 3 is 2.78 bits per heavy atom. The second-order valence-electron chi connectivity index (χ2n) is 1.80. The third-order valence-electron chi connectivity index (χ3n) is 1.09. The van der Waals surface area contributed by atoms with Gasteiger partial charge in [-0.1, -0.05) is 11.6 Å². The van der Waals surface area contributed by atoms with Gasteiger partial charge in [0.15, 0.2) is 0 Å². The van der Waals surface area contributed by atoms with Crippen molar-refractivity contribution < 1.29 is 0 Å². The molecule has 1 heterocycles. The van der Waals surface area contributed by atoms with Crippen molar-refractivity contribution in [2.45, 2.75) is 6.92 Å². The van der Waals surface area contributed by atoms with Crippen molar-refractivity contribution in [2.75, 3.05) is 5.73 Å². The summed E-state index contributed by atoms with van der Waals surface area (Å²) in [4.78, 5) is 3.93. The van der Waals surface area contributed by atoms with Gasteiger partial charge in [0.05, 0.1) is 16.4 Å². The van der Waals surface area contributed by atoms with E-state index in [9.17, 15) is 0 Å². The van der Waals surface area contributed by atoms with Gasteiger partial charge in [-0.25, -0.2) is 0 Å². The maximum absolute atomic E-state index is 5.69. The van der Waals surface area contributed by atoms with Gasteiger partial charge < -0.3 is 5.73 Å². The van der Waals surface area contributed by atoms with E-state index in [1.165, 1.54) is 0 Å². The predicted molar refractivity (Wildman–Crippen MR) is 38.4 cm³/mol. The highest BCUT2D eigenvalue weighted by atomic mass is 35.5. The van der Waals surface area contributed by atoms with Gasteiger partial charge >= 0.3 is 0 Å². The molecule has 1 aromatic rings. The van der Waals surface area contributed by atoms with Crippen LogP contribution < -0.4 is 5.73 Å². The van der Waals surface area contributed by atoms with E-state index in [1.54, 1.807) is 12.3 Å². The summed E-state index contributed by atoms with van der Waals surface area (Å²) < 4.78 is 0. The number of nitrogens with zero attached hydrogens (tertiary/aromatic N) is 1. The van der Waals surface area contributed by atoms with Crippen molar-refractivity contribution in [1.82, 2.24) is 4.98 Å². The number of aryl methyl sites for hydroxylation is 1. The molecule has 2 nitrogen and oxygen atoms in total. The average Bonchev–Trinajstić information content (AvgIpc) is 1.83. The van der Waals surface area contributed by atoms with E-state index in [0.29, 0.717) is 10.7 Å². The summed E-state index contributed by atoms with van der Waals surface area (Å²) in [5.41, 5.74) is 6.81. The Kier molecular flexibility index (Phi) is 1.58. The highest BCUT2D eigenvalue weighted by molar-refractivity contribution is 6.33. The first-order chi connectivity index (χ1) is 4.22. The van der Waals surface area contributed by atoms with Crippen LogP contribution in [0.5, 0.6) is 0 Å². The normalized spacial score (nSPS) is 9.56. The first-order valence-electron chi connectivity index (χ1n) is 2.58. The van der Waals surface area contributed by atoms with Crippen molar-refractivity contribution >= 4 is 17.3 Å². The van der Waals surface area contributed by atoms with Crippen molar-refractivity contribution in [3.8, 4) is 0 Å². The third kappa shape index (κ3) is 1.13. The second kappa shape index (κ2) is 2.23. The minimum atomic E-state index is 0.553. The summed E-state index contributed by atoms with van der Waals surface area (Å²) in [6, 6.07) is 1.68. The van der Waals surface area contributed by atoms with Gasteiger partial charge in [-0.15, -0.1) is 0 Å². The van der Waals surface area contributed by atoms with E-state index in [4.69, 9.17) is 17.3 Å². The average molecular weight is 143 g/mol. The minimum Gasteiger partial charge on any atom is -0.397 e. The zero-order valence-electron chi connectivity index (χ0n) is 5.06. The largest absolute Gasteiger partial charge is 0.397 e. The van der Waals surface area contributed by atoms with Gasteiger partial charge in [-0.2, -0.15) is 0 Å². The monoisotopic (exact) mass is 142 g/mol. The van der Waals surface area contributed by atoms with Crippen molar-refractivity contribution in [2.24, 2.45) is 0 Å². The van der Waals surface area contributed by atoms with Gasteiger partial charge in [-0.05, 0) is 13.0 Å². The summed E-state index contributed by atoms with van der Waals surface area (Å²) in [5, 5.41) is 0.553. The van der Waals surface area contributed by atoms with Crippen molar-refractivity contribution in [3.05, 3.63) is 23.0 Å². The van der Waals surface area contributed by atoms with Crippen molar-refractivity contribution in [1.29, 1.82) is 0 Å². The van der Waals surface area contributed by atoms with Crippen LogP contribution in [0.15, 0.2) is 12.3 Å². The highest BCUT2D eigenvalue weighted by Crippen LogP contribution is 2.19. The molecule has 0 bridgehead atoms. The lowest BCUT2D eigenvalue weighted by Crippen LogP contribution is -1.89. The van der Waals surface area contributed by atoms with Crippen LogP contribution in [0.25, 0.3) is 0 Å². The van der Waals surface area contributed by atoms with Crippen LogP contribution in [0.1, 0.15) is 5.69 Å². The van der Waals surface area contributed by atoms with Crippen LogP contribution in [-0.2, 0) is 0 Å². The molecular formula is C6H7ClN2. The SMILES string of the molecule is Cc1nccc(N)c1Cl. The van der Waals surface area contributed by atoms with E-state index < -0.39 is 0 Å². The molecule has 0 aliphatic rings. The Morgan fingerprint density at radius 1 is 1.67 bits per heavy atom. The van der Waals surface area contributed by atoms with Gasteiger partial charge in [0.2, 0.25) is 0 Å². The summed E-state index contributed by atoms with van der Waals surface area (Å²) in [7, 11) is 0. The van der Waals surface area contributed by atoms with Crippen LogP contribution in [0, 0.1) is 6.92 Å². The number of nitrogens with two attached hydrogens (primary N) is 1. The summed E-state index contributed by atoms with van der Waals surface area (Å²) in [6.45, 7) is 1.82. The summed E-state index contributed by atoms with van der Waals surface area (Å²) in [5.74, 6) is 0. The number of pyridine rings is 1. The fraction of sp³-hybridized carbons (Fsp3) is 0.167. The van der Waals surface area contributed by atoms with E-state index in [0.717, 1.165) is 5.69 Å². The molecule has 1 rings (SSSR count). The molecule has 0 radical (unpaired) electrons. The Hall–Kier alpha value is -0.760. The quantitative estimate of drug-likeness (QED) is 0.598. The third-order valence-corrected chi connectivity index (χ3v) is 1.59. The maximum atomic E-state index is 5.69. The number of rotatable bonds is 0. The van der Waals surface area contributed by atoms with Gasteiger partial charge in [0.25, 0.3) is 0 Å². The fourth-order valence-corrected chi connectivity index (χ4v) is 0.680. The zero-order valence-corrected chi connectivity index (χ0v) is 5.81. The highest BCUT2D eigenvalue weighted by Gasteiger charge is 1.96. The first kappa shape index (κ1) is 6.36. The van der Waals surface area contributed by atoms with Crippen molar-refractivity contribution in [3.63, 3.8) is 0 Å². The Labute approximate surface area is 58.7 Å². The number of halogens is 1. The summed E-state index contributed by atoms with van der Waals surface area (Å²) >= 11 is 5.69. The molecule has 0 aliphatic carbocycles. The molecule has 0 unspecified atom stereocenters. The summed E-state index contributed by atoms with van der Waals surface area (Å²) in [6.07, 6.45) is 1.64. The minimum absolute atomic E-state index is 0.553. The van der Waals surface area contributed by atoms with Crippen LogP contribution in [0.4, 0.5) is 5.69 Å². The second-order valence-corrected chi connectivity index (χ2v) is 2.18. The first-order valence-corrected chi connectivity index (χ1v) is 2.96. The lowest BCUT2D eigenvalue weighted by molar-refractivity contribution is 1.20. The standard InChI is InChI=1S/C6H7ClN2/c1-4-6(7)5(8)2-3-9-4/h2-3H,1H3,(H2,8,9). The molecule has 1 aromatic heterocycles. The molecule has 3 heteroatoms. The number of hydrogen-bond acceptors (Lipinski definition) is 2. The van der Waals surface area contributed by atoms with E-state index in [2.05, 4.69) is 4.98 Å². The topological polar surface area (TPSA) is 38.9 Å². The lowest BCUT2D eigenvalue weighted by atomic mass is 10.3. The van der Waals surface area contributed by atoms with Crippen LogP contribution >= 0.6 is 11.6 Å². The van der Waals surface area contributed by atoms with Gasteiger partial charge in [-0.3, -0.25) is 4.98 Å². The molecule has 0 spiro atoms.